The maximum Gasteiger partial charge on any atom is 0.138 e. The van der Waals surface area contributed by atoms with Gasteiger partial charge in [0.1, 0.15) is 12.2 Å². The molecule has 18 heavy (non-hydrogen) atoms. The largest absolute Gasteiger partial charge is 0.220 e. The van der Waals surface area contributed by atoms with Gasteiger partial charge in [0.2, 0.25) is 0 Å². The SMILES string of the molecule is Cc1ccc2ccc(Cl)c(-n3ncnc3C)c2c1. The highest BCUT2D eigenvalue weighted by Gasteiger charge is 2.11. The number of fused-ring (bicyclic) bond motifs is 1. The molecule has 0 aliphatic carbocycles. The summed E-state index contributed by atoms with van der Waals surface area (Å²) in [5.74, 6) is 0.825. The standard InChI is InChI=1S/C14H12ClN3/c1-9-3-4-11-5-6-13(15)14(12(11)7-9)18-10(2)16-8-17-18/h3-8H,1-2H3. The van der Waals surface area contributed by atoms with Crippen molar-refractivity contribution in [2.24, 2.45) is 0 Å². The normalized spacial score (nSPS) is 11.1. The minimum atomic E-state index is 0.682. The number of aryl methyl sites for hydroxylation is 2. The minimum Gasteiger partial charge on any atom is -0.220 e. The van der Waals surface area contributed by atoms with Crippen LogP contribution in [0.4, 0.5) is 0 Å². The lowest BCUT2D eigenvalue weighted by molar-refractivity contribution is 0.847. The van der Waals surface area contributed by atoms with E-state index in [0.29, 0.717) is 5.02 Å². The molecule has 90 valence electrons. The van der Waals surface area contributed by atoms with Crippen molar-refractivity contribution in [3.63, 3.8) is 0 Å². The van der Waals surface area contributed by atoms with Crippen molar-refractivity contribution >= 4 is 22.4 Å². The molecule has 1 heterocycles. The number of rotatable bonds is 1. The van der Waals surface area contributed by atoms with Crippen molar-refractivity contribution in [3.8, 4) is 5.69 Å². The molecule has 0 unspecified atom stereocenters. The number of hydrogen-bond donors (Lipinski definition) is 0. The zero-order valence-electron chi connectivity index (χ0n) is 10.2. The lowest BCUT2D eigenvalue weighted by Gasteiger charge is -2.10. The Hall–Kier alpha value is -1.87. The molecular weight excluding hydrogens is 246 g/mol. The first-order chi connectivity index (χ1) is 8.66. The topological polar surface area (TPSA) is 30.7 Å². The highest BCUT2D eigenvalue weighted by atomic mass is 35.5. The molecule has 3 nitrogen and oxygen atoms in total. The molecule has 0 atom stereocenters. The second-order valence-electron chi connectivity index (χ2n) is 4.34. The zero-order valence-corrected chi connectivity index (χ0v) is 10.9. The van der Waals surface area contributed by atoms with Crippen LogP contribution in [-0.2, 0) is 0 Å². The van der Waals surface area contributed by atoms with Gasteiger partial charge in [-0.05, 0) is 31.4 Å². The summed E-state index contributed by atoms with van der Waals surface area (Å²) in [7, 11) is 0. The fraction of sp³-hybridized carbons (Fsp3) is 0.143. The van der Waals surface area contributed by atoms with Gasteiger partial charge in [-0.3, -0.25) is 0 Å². The van der Waals surface area contributed by atoms with E-state index in [1.165, 1.54) is 5.56 Å². The van der Waals surface area contributed by atoms with Gasteiger partial charge in [0.15, 0.2) is 0 Å². The van der Waals surface area contributed by atoms with Crippen LogP contribution in [0.3, 0.4) is 0 Å². The van der Waals surface area contributed by atoms with Gasteiger partial charge in [-0.2, -0.15) is 5.10 Å². The molecule has 0 spiro atoms. The third-order valence-corrected chi connectivity index (χ3v) is 3.33. The van der Waals surface area contributed by atoms with Crippen LogP contribution in [-0.4, -0.2) is 14.8 Å². The molecule has 3 rings (SSSR count). The molecule has 1 aromatic heterocycles. The summed E-state index contributed by atoms with van der Waals surface area (Å²) in [6, 6.07) is 10.2. The molecule has 0 saturated carbocycles. The Morgan fingerprint density at radius 1 is 1.11 bits per heavy atom. The molecule has 0 saturated heterocycles. The van der Waals surface area contributed by atoms with Crippen LogP contribution in [0.5, 0.6) is 0 Å². The highest BCUT2D eigenvalue weighted by molar-refractivity contribution is 6.33. The van der Waals surface area contributed by atoms with Crippen LogP contribution < -0.4 is 0 Å². The van der Waals surface area contributed by atoms with E-state index < -0.39 is 0 Å². The molecule has 2 aromatic carbocycles. The van der Waals surface area contributed by atoms with Crippen molar-refractivity contribution in [2.45, 2.75) is 13.8 Å². The maximum atomic E-state index is 6.33. The fourth-order valence-electron chi connectivity index (χ4n) is 2.13. The molecular formula is C14H12ClN3. The van der Waals surface area contributed by atoms with Crippen LogP contribution in [0.15, 0.2) is 36.7 Å². The van der Waals surface area contributed by atoms with Gasteiger partial charge in [0.05, 0.1) is 10.7 Å². The molecule has 0 bridgehead atoms. The van der Waals surface area contributed by atoms with Gasteiger partial charge < -0.3 is 0 Å². The van der Waals surface area contributed by atoms with Gasteiger partial charge in [0.25, 0.3) is 0 Å². The summed E-state index contributed by atoms with van der Waals surface area (Å²) in [4.78, 5) is 4.16. The van der Waals surface area contributed by atoms with Crippen molar-refractivity contribution in [1.82, 2.24) is 14.8 Å². The van der Waals surface area contributed by atoms with E-state index in [4.69, 9.17) is 11.6 Å². The third kappa shape index (κ3) is 1.68. The van der Waals surface area contributed by atoms with E-state index in [1.54, 1.807) is 11.0 Å². The van der Waals surface area contributed by atoms with Crippen molar-refractivity contribution in [3.05, 3.63) is 53.1 Å². The summed E-state index contributed by atoms with van der Waals surface area (Å²) >= 11 is 6.33. The Morgan fingerprint density at radius 3 is 2.61 bits per heavy atom. The predicted octanol–water partition coefficient (Wildman–Crippen LogP) is 3.69. The molecule has 0 radical (unpaired) electrons. The van der Waals surface area contributed by atoms with Gasteiger partial charge in [-0.15, -0.1) is 0 Å². The maximum absolute atomic E-state index is 6.33. The average Bonchev–Trinajstić information content (AvgIpc) is 2.75. The van der Waals surface area contributed by atoms with Crippen LogP contribution in [0, 0.1) is 13.8 Å². The summed E-state index contributed by atoms with van der Waals surface area (Å²) in [6.45, 7) is 3.98. The Kier molecular flexibility index (Phi) is 2.56. The van der Waals surface area contributed by atoms with Crippen LogP contribution >= 0.6 is 11.6 Å². The Balaban J connectivity index is 2.43. The van der Waals surface area contributed by atoms with Crippen molar-refractivity contribution in [2.75, 3.05) is 0 Å². The minimum absolute atomic E-state index is 0.682. The summed E-state index contributed by atoms with van der Waals surface area (Å²) < 4.78 is 1.78. The van der Waals surface area contributed by atoms with Gasteiger partial charge in [-0.1, -0.05) is 35.4 Å². The second-order valence-corrected chi connectivity index (χ2v) is 4.75. The van der Waals surface area contributed by atoms with Gasteiger partial charge >= 0.3 is 0 Å². The first-order valence-electron chi connectivity index (χ1n) is 5.72. The van der Waals surface area contributed by atoms with Gasteiger partial charge in [0, 0.05) is 5.39 Å². The smallest absolute Gasteiger partial charge is 0.138 e. The molecule has 0 aliphatic heterocycles. The Labute approximate surface area is 110 Å². The summed E-state index contributed by atoms with van der Waals surface area (Å²) in [5, 5.41) is 7.17. The second kappa shape index (κ2) is 4.10. The number of nitrogens with zero attached hydrogens (tertiary/aromatic N) is 3. The zero-order chi connectivity index (χ0) is 12.7. The monoisotopic (exact) mass is 257 g/mol. The molecule has 0 fully saturated rings. The molecule has 0 N–H and O–H groups in total. The quantitative estimate of drug-likeness (QED) is 0.666. The van der Waals surface area contributed by atoms with Gasteiger partial charge in [-0.25, -0.2) is 9.67 Å². The molecule has 3 aromatic rings. The molecule has 0 aliphatic rings. The Bertz CT molecular complexity index is 726. The van der Waals surface area contributed by atoms with E-state index in [9.17, 15) is 0 Å². The van der Waals surface area contributed by atoms with Crippen LogP contribution in [0.2, 0.25) is 5.02 Å². The van der Waals surface area contributed by atoms with E-state index >= 15 is 0 Å². The number of aromatic nitrogens is 3. The summed E-state index contributed by atoms with van der Waals surface area (Å²) in [6.07, 6.45) is 1.54. The molecule has 0 amide bonds. The number of halogens is 1. The lowest BCUT2D eigenvalue weighted by atomic mass is 10.1. The van der Waals surface area contributed by atoms with Crippen molar-refractivity contribution in [1.29, 1.82) is 0 Å². The highest BCUT2D eigenvalue weighted by Crippen LogP contribution is 2.30. The van der Waals surface area contributed by atoms with E-state index in [0.717, 1.165) is 22.3 Å². The Morgan fingerprint density at radius 2 is 1.89 bits per heavy atom. The fourth-order valence-corrected chi connectivity index (χ4v) is 2.37. The van der Waals surface area contributed by atoms with E-state index in [2.05, 4.69) is 35.2 Å². The third-order valence-electron chi connectivity index (χ3n) is 3.03. The van der Waals surface area contributed by atoms with E-state index in [1.807, 2.05) is 19.1 Å². The van der Waals surface area contributed by atoms with Crippen LogP contribution in [0.25, 0.3) is 16.5 Å². The average molecular weight is 258 g/mol. The predicted molar refractivity (Wildman–Crippen MR) is 73.3 cm³/mol. The number of hydrogen-bond acceptors (Lipinski definition) is 2. The van der Waals surface area contributed by atoms with Crippen LogP contribution in [0.1, 0.15) is 11.4 Å². The first-order valence-corrected chi connectivity index (χ1v) is 6.10. The summed E-state index contributed by atoms with van der Waals surface area (Å²) in [5.41, 5.74) is 2.09. The van der Waals surface area contributed by atoms with Crippen molar-refractivity contribution < 1.29 is 0 Å². The first kappa shape index (κ1) is 11.2. The number of benzene rings is 2. The lowest BCUT2D eigenvalue weighted by Crippen LogP contribution is -2.01. The van der Waals surface area contributed by atoms with E-state index in [-0.39, 0.29) is 0 Å². The molecule has 4 heteroatoms.